The van der Waals surface area contributed by atoms with Gasteiger partial charge >= 0.3 is 0 Å². The zero-order chi connectivity index (χ0) is 20.3. The molecule has 1 N–H and O–H groups in total. The minimum Gasteiger partial charge on any atom is -0.324 e. The van der Waals surface area contributed by atoms with E-state index in [1.165, 1.54) is 6.26 Å². The van der Waals surface area contributed by atoms with Crippen molar-refractivity contribution in [2.45, 2.75) is 17.9 Å². The molecule has 5 nitrogen and oxygen atoms in total. The van der Waals surface area contributed by atoms with E-state index in [2.05, 4.69) is 5.32 Å². The molecule has 0 saturated carbocycles. The largest absolute Gasteiger partial charge is 0.324 e. The van der Waals surface area contributed by atoms with Crippen LogP contribution in [0, 0.1) is 0 Å². The summed E-state index contributed by atoms with van der Waals surface area (Å²) >= 11 is 0. The molecule has 0 saturated heterocycles. The maximum absolute atomic E-state index is 12.6. The van der Waals surface area contributed by atoms with Crippen molar-refractivity contribution in [1.29, 1.82) is 0 Å². The van der Waals surface area contributed by atoms with Gasteiger partial charge in [-0.1, -0.05) is 48.5 Å². The van der Waals surface area contributed by atoms with Crippen molar-refractivity contribution in [3.63, 3.8) is 0 Å². The standard InChI is InChI=1S/C22H24N2O3S/c1-16(17-11-13-19(14-12-17)28(3,26)27)24(2)15-22(25)23-21-10-6-8-18-7-4-5-9-20(18)21/h4-14,16H,15H2,1-3H3,(H,23,25). The number of amides is 1. The fourth-order valence-electron chi connectivity index (χ4n) is 3.14. The van der Waals surface area contributed by atoms with Crippen molar-refractivity contribution in [3.05, 3.63) is 72.3 Å². The van der Waals surface area contributed by atoms with Crippen LogP contribution in [0.15, 0.2) is 71.6 Å². The number of sulfone groups is 1. The van der Waals surface area contributed by atoms with E-state index in [0.717, 1.165) is 22.0 Å². The van der Waals surface area contributed by atoms with Crippen LogP contribution in [0.1, 0.15) is 18.5 Å². The summed E-state index contributed by atoms with van der Waals surface area (Å²) in [5.74, 6) is -0.0986. The van der Waals surface area contributed by atoms with Gasteiger partial charge in [0, 0.05) is 23.4 Å². The van der Waals surface area contributed by atoms with Crippen LogP contribution in [0.4, 0.5) is 5.69 Å². The monoisotopic (exact) mass is 396 g/mol. The molecule has 146 valence electrons. The van der Waals surface area contributed by atoms with Gasteiger partial charge in [0.1, 0.15) is 0 Å². The molecular formula is C22H24N2O3S. The molecule has 0 bridgehead atoms. The van der Waals surface area contributed by atoms with Gasteiger partial charge in [-0.2, -0.15) is 0 Å². The number of fused-ring (bicyclic) bond motifs is 1. The Kier molecular flexibility index (Phi) is 5.82. The molecular weight excluding hydrogens is 372 g/mol. The van der Waals surface area contributed by atoms with Gasteiger partial charge in [-0.3, -0.25) is 9.69 Å². The lowest BCUT2D eigenvalue weighted by molar-refractivity contribution is -0.117. The fraction of sp³-hybridized carbons (Fsp3) is 0.227. The minimum absolute atomic E-state index is 0.0353. The van der Waals surface area contributed by atoms with Crippen LogP contribution >= 0.6 is 0 Å². The van der Waals surface area contributed by atoms with Gasteiger partial charge < -0.3 is 5.32 Å². The number of rotatable bonds is 6. The third-order valence-electron chi connectivity index (χ3n) is 4.91. The number of nitrogens with one attached hydrogen (secondary N) is 1. The maximum Gasteiger partial charge on any atom is 0.238 e. The van der Waals surface area contributed by atoms with Crippen molar-refractivity contribution in [1.82, 2.24) is 4.90 Å². The predicted molar refractivity (Wildman–Crippen MR) is 113 cm³/mol. The average molecular weight is 397 g/mol. The van der Waals surface area contributed by atoms with Crippen molar-refractivity contribution >= 4 is 32.2 Å². The van der Waals surface area contributed by atoms with Crippen molar-refractivity contribution in [2.24, 2.45) is 0 Å². The van der Waals surface area contributed by atoms with Crippen LogP contribution in [-0.4, -0.2) is 39.1 Å². The van der Waals surface area contributed by atoms with Crippen LogP contribution in [0.2, 0.25) is 0 Å². The molecule has 0 aliphatic heterocycles. The Morgan fingerprint density at radius 2 is 1.64 bits per heavy atom. The Morgan fingerprint density at radius 1 is 1.00 bits per heavy atom. The quantitative estimate of drug-likeness (QED) is 0.687. The second-order valence-corrected chi connectivity index (χ2v) is 9.02. The normalized spacial score (nSPS) is 12.9. The first-order valence-corrected chi connectivity index (χ1v) is 10.9. The van der Waals surface area contributed by atoms with E-state index in [9.17, 15) is 13.2 Å². The van der Waals surface area contributed by atoms with E-state index in [0.29, 0.717) is 4.90 Å². The lowest BCUT2D eigenvalue weighted by atomic mass is 10.1. The van der Waals surface area contributed by atoms with Gasteiger partial charge in [-0.15, -0.1) is 0 Å². The van der Waals surface area contributed by atoms with E-state index >= 15 is 0 Å². The molecule has 3 aromatic carbocycles. The number of likely N-dealkylation sites (N-methyl/N-ethyl adjacent to an activating group) is 1. The molecule has 1 atom stereocenters. The lowest BCUT2D eigenvalue weighted by Crippen LogP contribution is -2.32. The molecule has 0 fully saturated rings. The Bertz CT molecular complexity index is 1090. The molecule has 0 radical (unpaired) electrons. The first kappa shape index (κ1) is 20.0. The molecule has 0 spiro atoms. The highest BCUT2D eigenvalue weighted by Crippen LogP contribution is 2.24. The summed E-state index contributed by atoms with van der Waals surface area (Å²) in [6, 6.07) is 20.5. The van der Waals surface area contributed by atoms with Crippen LogP contribution in [0.3, 0.4) is 0 Å². The summed E-state index contributed by atoms with van der Waals surface area (Å²) in [5, 5.41) is 5.07. The number of carbonyl (C=O) groups is 1. The first-order valence-electron chi connectivity index (χ1n) is 9.03. The lowest BCUT2D eigenvalue weighted by Gasteiger charge is -2.24. The SMILES string of the molecule is CC(c1ccc(S(C)(=O)=O)cc1)N(C)CC(=O)Nc1cccc2ccccc12. The highest BCUT2D eigenvalue weighted by molar-refractivity contribution is 7.90. The molecule has 3 rings (SSSR count). The van der Waals surface area contributed by atoms with E-state index in [-0.39, 0.29) is 18.5 Å². The Labute approximate surface area is 165 Å². The summed E-state index contributed by atoms with van der Waals surface area (Å²) < 4.78 is 23.2. The number of carbonyl (C=O) groups excluding carboxylic acids is 1. The number of hydrogen-bond donors (Lipinski definition) is 1. The topological polar surface area (TPSA) is 66.5 Å². The van der Waals surface area contributed by atoms with Crippen molar-refractivity contribution < 1.29 is 13.2 Å². The van der Waals surface area contributed by atoms with E-state index in [1.54, 1.807) is 24.3 Å². The highest BCUT2D eigenvalue weighted by atomic mass is 32.2. The number of nitrogens with zero attached hydrogens (tertiary/aromatic N) is 1. The molecule has 28 heavy (non-hydrogen) atoms. The number of anilines is 1. The molecule has 0 heterocycles. The van der Waals surface area contributed by atoms with Gasteiger partial charge in [0.2, 0.25) is 5.91 Å². The van der Waals surface area contributed by atoms with Crippen LogP contribution in [0.25, 0.3) is 10.8 Å². The van der Waals surface area contributed by atoms with Gasteiger partial charge in [-0.05, 0) is 43.1 Å². The Balaban J connectivity index is 1.68. The number of benzene rings is 3. The average Bonchev–Trinajstić information content (AvgIpc) is 2.67. The predicted octanol–water partition coefficient (Wildman–Crippen LogP) is 3.87. The summed E-state index contributed by atoms with van der Waals surface area (Å²) in [5.41, 5.74) is 1.74. The van der Waals surface area contributed by atoms with Gasteiger partial charge in [0.05, 0.1) is 11.4 Å². The molecule has 0 aliphatic rings. The van der Waals surface area contributed by atoms with Crippen molar-refractivity contribution in [2.75, 3.05) is 25.2 Å². The van der Waals surface area contributed by atoms with Gasteiger partial charge in [-0.25, -0.2) is 8.42 Å². The molecule has 1 unspecified atom stereocenters. The summed E-state index contributed by atoms with van der Waals surface area (Å²) in [4.78, 5) is 14.8. The minimum atomic E-state index is -3.21. The zero-order valence-corrected chi connectivity index (χ0v) is 17.0. The third kappa shape index (κ3) is 4.58. The highest BCUT2D eigenvalue weighted by Gasteiger charge is 2.16. The zero-order valence-electron chi connectivity index (χ0n) is 16.2. The molecule has 0 aromatic heterocycles. The van der Waals surface area contributed by atoms with Gasteiger partial charge in [0.15, 0.2) is 9.84 Å². The summed E-state index contributed by atoms with van der Waals surface area (Å²) in [7, 11) is -1.34. The van der Waals surface area contributed by atoms with Crippen molar-refractivity contribution in [3.8, 4) is 0 Å². The molecule has 1 amide bonds. The summed E-state index contributed by atoms with van der Waals surface area (Å²) in [6.45, 7) is 2.21. The molecule has 3 aromatic rings. The third-order valence-corrected chi connectivity index (χ3v) is 6.04. The Hall–Kier alpha value is -2.70. The van der Waals surface area contributed by atoms with E-state index < -0.39 is 9.84 Å². The van der Waals surface area contributed by atoms with Gasteiger partial charge in [0.25, 0.3) is 0 Å². The fourth-order valence-corrected chi connectivity index (χ4v) is 3.77. The maximum atomic E-state index is 12.6. The molecule has 0 aliphatic carbocycles. The summed E-state index contributed by atoms with van der Waals surface area (Å²) in [6.07, 6.45) is 1.19. The van der Waals surface area contributed by atoms with Crippen LogP contribution in [0.5, 0.6) is 0 Å². The van der Waals surface area contributed by atoms with Crippen LogP contribution in [-0.2, 0) is 14.6 Å². The second-order valence-electron chi connectivity index (χ2n) is 7.01. The smallest absolute Gasteiger partial charge is 0.238 e. The van der Waals surface area contributed by atoms with E-state index in [1.807, 2.05) is 61.3 Å². The second kappa shape index (κ2) is 8.12. The number of hydrogen-bond acceptors (Lipinski definition) is 4. The first-order chi connectivity index (χ1) is 13.3. The van der Waals surface area contributed by atoms with E-state index in [4.69, 9.17) is 0 Å². The Morgan fingerprint density at radius 3 is 2.32 bits per heavy atom. The molecule has 6 heteroatoms. The van der Waals surface area contributed by atoms with Crippen LogP contribution < -0.4 is 5.32 Å².